The fourth-order valence-electron chi connectivity index (χ4n) is 3.33. The zero-order valence-corrected chi connectivity index (χ0v) is 11.9. The molecule has 3 atom stereocenters. The summed E-state index contributed by atoms with van der Waals surface area (Å²) in [6.07, 6.45) is 7.00. The molecule has 0 aromatic carbocycles. The summed E-state index contributed by atoms with van der Waals surface area (Å²) in [5.41, 5.74) is 0. The second-order valence-corrected chi connectivity index (χ2v) is 6.62. The summed E-state index contributed by atoms with van der Waals surface area (Å²) in [4.78, 5) is 2.46. The highest BCUT2D eigenvalue weighted by Crippen LogP contribution is 2.29. The first kappa shape index (κ1) is 13.4. The summed E-state index contributed by atoms with van der Waals surface area (Å²) in [7, 11) is 2.24. The molecule has 2 rings (SSSR count). The minimum Gasteiger partial charge on any atom is -0.314 e. The Kier molecular flexibility index (Phi) is 4.87. The van der Waals surface area contributed by atoms with Crippen LogP contribution in [0.3, 0.4) is 0 Å². The molecule has 0 amide bonds. The lowest BCUT2D eigenvalue weighted by molar-refractivity contribution is 0.190. The maximum Gasteiger partial charge on any atom is 0.00699 e. The van der Waals surface area contributed by atoms with E-state index in [4.69, 9.17) is 0 Å². The van der Waals surface area contributed by atoms with Gasteiger partial charge in [0.15, 0.2) is 0 Å². The van der Waals surface area contributed by atoms with Gasteiger partial charge in [-0.25, -0.2) is 0 Å². The highest BCUT2D eigenvalue weighted by atomic mass is 15.1. The average molecular weight is 238 g/mol. The fourth-order valence-corrected chi connectivity index (χ4v) is 3.33. The number of hydrogen-bond donors (Lipinski definition) is 1. The number of nitrogens with zero attached hydrogens (tertiary/aromatic N) is 1. The monoisotopic (exact) mass is 238 g/mol. The first-order valence-corrected chi connectivity index (χ1v) is 7.57. The van der Waals surface area contributed by atoms with Crippen LogP contribution >= 0.6 is 0 Å². The van der Waals surface area contributed by atoms with Crippen LogP contribution in [0, 0.1) is 17.8 Å². The van der Waals surface area contributed by atoms with Crippen molar-refractivity contribution in [2.45, 2.75) is 52.0 Å². The van der Waals surface area contributed by atoms with Gasteiger partial charge in [-0.05, 0) is 76.5 Å². The van der Waals surface area contributed by atoms with Crippen LogP contribution in [0.5, 0.6) is 0 Å². The Morgan fingerprint density at radius 3 is 2.35 bits per heavy atom. The third-order valence-corrected chi connectivity index (χ3v) is 5.13. The van der Waals surface area contributed by atoms with Gasteiger partial charge in [0.2, 0.25) is 0 Å². The average Bonchev–Trinajstić information content (AvgIpc) is 2.33. The first-order chi connectivity index (χ1) is 8.15. The van der Waals surface area contributed by atoms with Crippen LogP contribution in [-0.2, 0) is 0 Å². The van der Waals surface area contributed by atoms with Crippen LogP contribution in [0.2, 0.25) is 0 Å². The summed E-state index contributed by atoms with van der Waals surface area (Å²) in [6, 6.07) is 0.806. The molecule has 1 heterocycles. The smallest absolute Gasteiger partial charge is 0.00699 e. The van der Waals surface area contributed by atoms with E-state index in [-0.39, 0.29) is 0 Å². The molecule has 2 heteroatoms. The van der Waals surface area contributed by atoms with Gasteiger partial charge in [-0.15, -0.1) is 0 Å². The van der Waals surface area contributed by atoms with Crippen molar-refractivity contribution in [2.24, 2.45) is 17.8 Å². The second kappa shape index (κ2) is 6.19. The van der Waals surface area contributed by atoms with Gasteiger partial charge in [-0.1, -0.05) is 13.8 Å². The predicted octanol–water partition coefficient (Wildman–Crippen LogP) is 2.74. The molecule has 0 aromatic heterocycles. The van der Waals surface area contributed by atoms with Crippen molar-refractivity contribution in [1.29, 1.82) is 0 Å². The molecule has 0 spiro atoms. The van der Waals surface area contributed by atoms with E-state index in [1.807, 2.05) is 0 Å². The topological polar surface area (TPSA) is 15.3 Å². The van der Waals surface area contributed by atoms with E-state index in [1.165, 1.54) is 51.7 Å². The van der Waals surface area contributed by atoms with Crippen LogP contribution < -0.4 is 5.32 Å². The van der Waals surface area contributed by atoms with Crippen molar-refractivity contribution in [1.82, 2.24) is 10.2 Å². The standard InChI is InChI=1S/C15H30N2/c1-12-4-5-15(10-13(12)2)16-11-14-6-8-17(3)9-7-14/h12-16H,4-11H2,1-3H3. The fraction of sp³-hybridized carbons (Fsp3) is 1.00. The molecule has 1 saturated heterocycles. The largest absolute Gasteiger partial charge is 0.314 e. The van der Waals surface area contributed by atoms with Crippen molar-refractivity contribution in [3.63, 3.8) is 0 Å². The van der Waals surface area contributed by atoms with E-state index in [2.05, 4.69) is 31.1 Å². The molecule has 2 aliphatic rings. The summed E-state index contributed by atoms with van der Waals surface area (Å²) in [5.74, 6) is 2.79. The summed E-state index contributed by atoms with van der Waals surface area (Å²) < 4.78 is 0. The molecule has 17 heavy (non-hydrogen) atoms. The number of nitrogens with one attached hydrogen (secondary N) is 1. The zero-order valence-electron chi connectivity index (χ0n) is 11.9. The minimum absolute atomic E-state index is 0.806. The molecule has 100 valence electrons. The number of likely N-dealkylation sites (tertiary alicyclic amines) is 1. The third-order valence-electron chi connectivity index (χ3n) is 5.13. The lowest BCUT2D eigenvalue weighted by Crippen LogP contribution is -2.41. The van der Waals surface area contributed by atoms with Crippen molar-refractivity contribution in [3.8, 4) is 0 Å². The van der Waals surface area contributed by atoms with E-state index in [0.717, 1.165) is 23.8 Å². The lowest BCUT2D eigenvalue weighted by Gasteiger charge is -2.35. The molecule has 1 saturated carbocycles. The van der Waals surface area contributed by atoms with Crippen molar-refractivity contribution in [2.75, 3.05) is 26.7 Å². The Hall–Kier alpha value is -0.0800. The SMILES string of the molecule is CC1CCC(NCC2CCN(C)CC2)CC1C. The van der Waals surface area contributed by atoms with Crippen LogP contribution in [0.25, 0.3) is 0 Å². The normalized spacial score (nSPS) is 37.2. The van der Waals surface area contributed by atoms with Crippen molar-refractivity contribution >= 4 is 0 Å². The van der Waals surface area contributed by atoms with Gasteiger partial charge >= 0.3 is 0 Å². The summed E-state index contributed by atoms with van der Waals surface area (Å²) >= 11 is 0. The number of rotatable bonds is 3. The van der Waals surface area contributed by atoms with Gasteiger partial charge < -0.3 is 10.2 Å². The molecule has 2 fully saturated rings. The molecule has 3 unspecified atom stereocenters. The quantitative estimate of drug-likeness (QED) is 0.813. The predicted molar refractivity (Wildman–Crippen MR) is 74.2 cm³/mol. The highest BCUT2D eigenvalue weighted by molar-refractivity contribution is 4.81. The molecule has 1 N–H and O–H groups in total. The van der Waals surface area contributed by atoms with Crippen LogP contribution in [0.4, 0.5) is 0 Å². The molecule has 0 radical (unpaired) electrons. The maximum atomic E-state index is 3.84. The maximum absolute atomic E-state index is 3.84. The van der Waals surface area contributed by atoms with E-state index < -0.39 is 0 Å². The van der Waals surface area contributed by atoms with Gasteiger partial charge in [-0.2, -0.15) is 0 Å². The second-order valence-electron chi connectivity index (χ2n) is 6.62. The molecular formula is C15H30N2. The molecule has 1 aliphatic heterocycles. The minimum atomic E-state index is 0.806. The zero-order chi connectivity index (χ0) is 12.3. The first-order valence-electron chi connectivity index (χ1n) is 7.57. The Bertz CT molecular complexity index is 221. The molecular weight excluding hydrogens is 208 g/mol. The Labute approximate surface area is 107 Å². The van der Waals surface area contributed by atoms with Crippen LogP contribution in [0.1, 0.15) is 46.0 Å². The van der Waals surface area contributed by atoms with Gasteiger partial charge in [0.1, 0.15) is 0 Å². The Morgan fingerprint density at radius 1 is 1.00 bits per heavy atom. The summed E-state index contributed by atoms with van der Waals surface area (Å²) in [5, 5.41) is 3.84. The summed E-state index contributed by atoms with van der Waals surface area (Å²) in [6.45, 7) is 8.69. The number of hydrogen-bond acceptors (Lipinski definition) is 2. The van der Waals surface area contributed by atoms with E-state index in [0.29, 0.717) is 0 Å². The van der Waals surface area contributed by atoms with E-state index in [9.17, 15) is 0 Å². The van der Waals surface area contributed by atoms with Crippen molar-refractivity contribution in [3.05, 3.63) is 0 Å². The van der Waals surface area contributed by atoms with Gasteiger partial charge in [0.25, 0.3) is 0 Å². The lowest BCUT2D eigenvalue weighted by atomic mass is 9.79. The van der Waals surface area contributed by atoms with Gasteiger partial charge in [-0.3, -0.25) is 0 Å². The molecule has 2 nitrogen and oxygen atoms in total. The van der Waals surface area contributed by atoms with Crippen molar-refractivity contribution < 1.29 is 0 Å². The van der Waals surface area contributed by atoms with E-state index >= 15 is 0 Å². The molecule has 1 aliphatic carbocycles. The number of piperidine rings is 1. The van der Waals surface area contributed by atoms with Gasteiger partial charge in [0, 0.05) is 6.04 Å². The third kappa shape index (κ3) is 3.96. The Morgan fingerprint density at radius 2 is 1.71 bits per heavy atom. The van der Waals surface area contributed by atoms with Crippen LogP contribution in [0.15, 0.2) is 0 Å². The molecule has 0 aromatic rings. The molecule has 0 bridgehead atoms. The van der Waals surface area contributed by atoms with Crippen LogP contribution in [-0.4, -0.2) is 37.6 Å². The highest BCUT2D eigenvalue weighted by Gasteiger charge is 2.25. The van der Waals surface area contributed by atoms with Gasteiger partial charge in [0.05, 0.1) is 0 Å². The van der Waals surface area contributed by atoms with E-state index in [1.54, 1.807) is 0 Å². The Balaban J connectivity index is 1.65.